The molecule has 0 unspecified atom stereocenters. The Hall–Kier alpha value is -3.17. The van der Waals surface area contributed by atoms with E-state index in [1.807, 2.05) is 20.0 Å². The van der Waals surface area contributed by atoms with E-state index in [1.54, 1.807) is 30.2 Å². The lowest BCUT2D eigenvalue weighted by atomic mass is 9.86. The number of piperazine rings is 1. The number of nitrogens with one attached hydrogen (secondary N) is 1. The molecule has 1 saturated heterocycles. The number of anilines is 2. The van der Waals surface area contributed by atoms with Crippen LogP contribution in [0.5, 0.6) is 5.75 Å². The van der Waals surface area contributed by atoms with Gasteiger partial charge in [-0.2, -0.15) is 0 Å². The summed E-state index contributed by atoms with van der Waals surface area (Å²) in [6.07, 6.45) is 1.39. The monoisotopic (exact) mass is 458 g/mol. The summed E-state index contributed by atoms with van der Waals surface area (Å²) in [5.74, 6) is 0.397. The van der Waals surface area contributed by atoms with Crippen molar-refractivity contribution >= 4 is 40.0 Å². The quantitative estimate of drug-likeness (QED) is 0.618. The maximum absolute atomic E-state index is 14.5. The number of carbonyl (C=O) groups is 1. The fraction of sp³-hybridized carbons (Fsp3) is 0.318. The number of likely N-dealkylation sites (N-methyl/N-ethyl adjacent to an activating group) is 1. The predicted molar refractivity (Wildman–Crippen MR) is 122 cm³/mol. The second-order valence-electron chi connectivity index (χ2n) is 8.02. The summed E-state index contributed by atoms with van der Waals surface area (Å²) in [7, 11) is 3.55. The normalized spacial score (nSPS) is 19.2. The molecule has 0 saturated carbocycles. The Labute approximate surface area is 190 Å². The lowest BCUT2D eigenvalue weighted by Crippen LogP contribution is -2.61. The van der Waals surface area contributed by atoms with Crippen molar-refractivity contribution in [3.05, 3.63) is 53.1 Å². The molecular formula is C22H24ClFN6O2. The fourth-order valence-corrected chi connectivity index (χ4v) is 4.47. The number of carbonyl (C=O) groups excluding carboxylic acids is 1. The van der Waals surface area contributed by atoms with Crippen molar-refractivity contribution in [1.82, 2.24) is 19.8 Å². The number of nitrogens with two attached hydrogens (primary N) is 1. The van der Waals surface area contributed by atoms with Crippen molar-refractivity contribution in [3.63, 3.8) is 0 Å². The Balaban J connectivity index is 1.89. The number of primary amides is 1. The summed E-state index contributed by atoms with van der Waals surface area (Å²) >= 11 is 5.92. The van der Waals surface area contributed by atoms with Gasteiger partial charge in [-0.15, -0.1) is 0 Å². The van der Waals surface area contributed by atoms with E-state index in [1.165, 1.54) is 12.4 Å². The lowest BCUT2D eigenvalue weighted by molar-refractivity contribution is 0.0475. The number of amides is 2. The first kappa shape index (κ1) is 22.0. The zero-order chi connectivity index (χ0) is 23.0. The van der Waals surface area contributed by atoms with Crippen LogP contribution in [0.1, 0.15) is 12.5 Å². The van der Waals surface area contributed by atoms with Crippen LogP contribution >= 0.6 is 11.6 Å². The summed E-state index contributed by atoms with van der Waals surface area (Å²) in [6, 6.07) is 7.84. The van der Waals surface area contributed by atoms with E-state index in [0.717, 1.165) is 5.56 Å². The molecule has 2 heterocycles. The van der Waals surface area contributed by atoms with E-state index in [2.05, 4.69) is 20.2 Å². The summed E-state index contributed by atoms with van der Waals surface area (Å²) in [6.45, 7) is 3.69. The molecule has 1 atom stereocenters. The predicted octanol–water partition coefficient (Wildman–Crippen LogP) is 3.72. The number of halogens is 2. The average Bonchev–Trinajstić information content (AvgIpc) is 2.75. The minimum atomic E-state index is -0.757. The number of fused-ring (bicyclic) bond motifs is 1. The molecule has 0 spiro atoms. The molecule has 0 bridgehead atoms. The molecule has 1 aromatic heterocycles. The second kappa shape index (κ2) is 8.40. The standard InChI is InChI=1S/C22H24ClFN6O2/c1-22(11-29(2)7-8-30(22)21(25)31)14-9-13-17(10-18(14)32-3)26-12-27-20(13)28-16-6-4-5-15(23)19(16)24/h4-6,9-10,12H,7-8,11H2,1-3H3,(H2,25,31)(H,26,27,28)/t22-/m0/s1. The van der Waals surface area contributed by atoms with Crippen LogP contribution in [0.15, 0.2) is 36.7 Å². The number of hydrogen-bond acceptors (Lipinski definition) is 6. The van der Waals surface area contributed by atoms with Gasteiger partial charge in [-0.3, -0.25) is 0 Å². The molecule has 1 aliphatic heterocycles. The molecule has 168 valence electrons. The number of aromatic nitrogens is 2. The Kier molecular flexibility index (Phi) is 5.79. The van der Waals surface area contributed by atoms with Gasteiger partial charge in [-0.1, -0.05) is 17.7 Å². The van der Waals surface area contributed by atoms with Gasteiger partial charge in [-0.05, 0) is 32.2 Å². The van der Waals surface area contributed by atoms with Crippen LogP contribution in [0.3, 0.4) is 0 Å². The van der Waals surface area contributed by atoms with Crippen LogP contribution in [-0.4, -0.2) is 59.6 Å². The highest BCUT2D eigenvalue weighted by Crippen LogP contribution is 2.40. The topological polar surface area (TPSA) is 96.6 Å². The molecule has 2 amide bonds. The molecule has 4 rings (SSSR count). The highest BCUT2D eigenvalue weighted by molar-refractivity contribution is 6.31. The van der Waals surface area contributed by atoms with Gasteiger partial charge in [0.2, 0.25) is 0 Å². The van der Waals surface area contributed by atoms with Gasteiger partial charge in [0.25, 0.3) is 0 Å². The Bertz CT molecular complexity index is 1190. The minimum Gasteiger partial charge on any atom is -0.496 e. The van der Waals surface area contributed by atoms with Gasteiger partial charge in [-0.25, -0.2) is 19.2 Å². The third-order valence-electron chi connectivity index (χ3n) is 5.89. The maximum Gasteiger partial charge on any atom is 0.315 e. The summed E-state index contributed by atoms with van der Waals surface area (Å²) in [4.78, 5) is 24.7. The lowest BCUT2D eigenvalue weighted by Gasteiger charge is -2.48. The Morgan fingerprint density at radius 1 is 1.31 bits per heavy atom. The molecule has 0 aliphatic carbocycles. The van der Waals surface area contributed by atoms with Crippen LogP contribution in [0.4, 0.5) is 20.7 Å². The van der Waals surface area contributed by atoms with Gasteiger partial charge in [0.15, 0.2) is 5.82 Å². The molecular weight excluding hydrogens is 435 g/mol. The smallest absolute Gasteiger partial charge is 0.315 e. The van der Waals surface area contributed by atoms with Crippen molar-refractivity contribution in [1.29, 1.82) is 0 Å². The molecule has 0 radical (unpaired) electrons. The maximum atomic E-state index is 14.5. The van der Waals surface area contributed by atoms with E-state index in [0.29, 0.717) is 42.1 Å². The van der Waals surface area contributed by atoms with Crippen molar-refractivity contribution in [2.45, 2.75) is 12.5 Å². The minimum absolute atomic E-state index is 0.00516. The number of rotatable bonds is 4. The van der Waals surface area contributed by atoms with E-state index in [9.17, 15) is 9.18 Å². The van der Waals surface area contributed by atoms with Crippen LogP contribution in [0.2, 0.25) is 5.02 Å². The van der Waals surface area contributed by atoms with E-state index < -0.39 is 17.4 Å². The van der Waals surface area contributed by atoms with E-state index >= 15 is 0 Å². The molecule has 8 nitrogen and oxygen atoms in total. The van der Waals surface area contributed by atoms with Gasteiger partial charge >= 0.3 is 6.03 Å². The zero-order valence-corrected chi connectivity index (χ0v) is 18.8. The SMILES string of the molecule is COc1cc2ncnc(Nc3cccc(Cl)c3F)c2cc1[C@]1(C)CN(C)CCN1C(N)=O. The fourth-order valence-electron chi connectivity index (χ4n) is 4.29. The third kappa shape index (κ3) is 3.78. The summed E-state index contributed by atoms with van der Waals surface area (Å²) in [5, 5.41) is 3.66. The molecule has 1 aliphatic rings. The number of hydrogen-bond donors (Lipinski definition) is 2. The van der Waals surface area contributed by atoms with Crippen molar-refractivity contribution < 1.29 is 13.9 Å². The second-order valence-corrected chi connectivity index (χ2v) is 8.43. The van der Waals surface area contributed by atoms with Crippen LogP contribution in [0, 0.1) is 5.82 Å². The van der Waals surface area contributed by atoms with Crippen LogP contribution in [-0.2, 0) is 5.54 Å². The Morgan fingerprint density at radius 2 is 2.09 bits per heavy atom. The summed E-state index contributed by atoms with van der Waals surface area (Å²) < 4.78 is 20.2. The number of benzene rings is 2. The van der Waals surface area contributed by atoms with Crippen molar-refractivity contribution in [2.24, 2.45) is 5.73 Å². The highest BCUT2D eigenvalue weighted by Gasteiger charge is 2.42. The zero-order valence-electron chi connectivity index (χ0n) is 18.0. The van der Waals surface area contributed by atoms with Gasteiger partial charge < -0.3 is 25.6 Å². The molecule has 3 aromatic rings. The molecule has 2 aromatic carbocycles. The first-order chi connectivity index (χ1) is 15.2. The van der Waals surface area contributed by atoms with E-state index in [-0.39, 0.29) is 10.7 Å². The molecule has 1 fully saturated rings. The van der Waals surface area contributed by atoms with E-state index in [4.69, 9.17) is 22.1 Å². The van der Waals surface area contributed by atoms with Crippen molar-refractivity contribution in [3.8, 4) is 5.75 Å². The molecule has 3 N–H and O–H groups in total. The number of urea groups is 1. The number of nitrogens with zero attached hydrogens (tertiary/aromatic N) is 4. The number of ether oxygens (including phenoxy) is 1. The van der Waals surface area contributed by atoms with Crippen LogP contribution < -0.4 is 15.8 Å². The van der Waals surface area contributed by atoms with Crippen molar-refractivity contribution in [2.75, 3.05) is 39.1 Å². The van der Waals surface area contributed by atoms with Gasteiger partial charge in [0.1, 0.15) is 17.9 Å². The largest absolute Gasteiger partial charge is 0.496 e. The molecule has 32 heavy (non-hydrogen) atoms. The summed E-state index contributed by atoms with van der Waals surface area (Å²) in [5.41, 5.74) is 6.52. The number of methoxy groups -OCH3 is 1. The third-order valence-corrected chi connectivity index (χ3v) is 6.18. The first-order valence-corrected chi connectivity index (χ1v) is 10.4. The molecule has 10 heteroatoms. The highest BCUT2D eigenvalue weighted by atomic mass is 35.5. The van der Waals surface area contributed by atoms with Crippen LogP contribution in [0.25, 0.3) is 10.9 Å². The first-order valence-electron chi connectivity index (χ1n) is 10.0. The Morgan fingerprint density at radius 3 is 2.81 bits per heavy atom. The van der Waals surface area contributed by atoms with Gasteiger partial charge in [0, 0.05) is 36.7 Å². The average molecular weight is 459 g/mol. The van der Waals surface area contributed by atoms with Gasteiger partial charge in [0.05, 0.1) is 28.9 Å².